The quantitative estimate of drug-likeness (QED) is 0.207. The van der Waals surface area contributed by atoms with Gasteiger partial charge in [0.2, 0.25) is 0 Å². The second-order valence-corrected chi connectivity index (χ2v) is 9.04. The normalized spacial score (nSPS) is 11.7. The first-order valence-corrected chi connectivity index (χ1v) is 12.8. The van der Waals surface area contributed by atoms with Gasteiger partial charge in [0.15, 0.2) is 0 Å². The van der Waals surface area contributed by atoms with Gasteiger partial charge in [-0.25, -0.2) is 9.59 Å². The van der Waals surface area contributed by atoms with Crippen molar-refractivity contribution in [3.8, 4) is 22.6 Å². The highest BCUT2D eigenvalue weighted by Gasteiger charge is 2.21. The number of aromatic carboxylic acids is 1. The number of carboxylic acid groups (broad SMARTS) is 1. The molecule has 0 bridgehead atoms. The minimum absolute atomic E-state index is 0.232. The molecular formula is C31H36O5. The van der Waals surface area contributed by atoms with Crippen molar-refractivity contribution in [2.75, 3.05) is 6.61 Å². The third-order valence-electron chi connectivity index (χ3n) is 6.36. The van der Waals surface area contributed by atoms with Crippen LogP contribution >= 0.6 is 0 Å². The third kappa shape index (κ3) is 6.54. The zero-order valence-corrected chi connectivity index (χ0v) is 21.7. The fourth-order valence-corrected chi connectivity index (χ4v) is 4.49. The molecule has 0 spiro atoms. The first-order valence-electron chi connectivity index (χ1n) is 12.8. The maximum absolute atomic E-state index is 12.6. The summed E-state index contributed by atoms with van der Waals surface area (Å²) in [5, 5.41) is 9.75. The maximum atomic E-state index is 12.6. The smallest absolute Gasteiger partial charge is 0.343 e. The standard InChI is InChI=1S/C31H36O5/c1-5-8-9-21(4)29-26(7-3)28(30(32)33)19-18-27(29)22-10-16-25(17-11-22)36-31(34)23-12-14-24(15-13-23)35-20-6-2/h10-19,21H,5-9,20H2,1-4H3,(H,32,33). The number of benzene rings is 3. The second-order valence-electron chi connectivity index (χ2n) is 9.04. The number of ether oxygens (including phenoxy) is 2. The van der Waals surface area contributed by atoms with Crippen LogP contribution in [0.4, 0.5) is 0 Å². The Hall–Kier alpha value is -3.60. The van der Waals surface area contributed by atoms with Crippen LogP contribution in [-0.4, -0.2) is 23.7 Å². The molecule has 0 saturated heterocycles. The molecule has 1 atom stereocenters. The van der Waals surface area contributed by atoms with Crippen molar-refractivity contribution in [2.24, 2.45) is 0 Å². The van der Waals surface area contributed by atoms with E-state index in [0.29, 0.717) is 29.9 Å². The fraction of sp³-hybridized carbons (Fsp3) is 0.355. The monoisotopic (exact) mass is 488 g/mol. The van der Waals surface area contributed by atoms with E-state index in [9.17, 15) is 14.7 Å². The Morgan fingerprint density at radius 2 is 1.53 bits per heavy atom. The molecule has 0 heterocycles. The SMILES string of the molecule is CCCCC(C)c1c(-c2ccc(OC(=O)c3ccc(OCCC)cc3)cc2)ccc(C(=O)O)c1CC. The van der Waals surface area contributed by atoms with E-state index in [4.69, 9.17) is 9.47 Å². The van der Waals surface area contributed by atoms with Crippen molar-refractivity contribution in [2.45, 2.75) is 65.7 Å². The summed E-state index contributed by atoms with van der Waals surface area (Å²) in [7, 11) is 0. The molecule has 0 aliphatic rings. The van der Waals surface area contributed by atoms with Gasteiger partial charge in [0.1, 0.15) is 11.5 Å². The molecule has 0 fully saturated rings. The van der Waals surface area contributed by atoms with Crippen molar-refractivity contribution < 1.29 is 24.2 Å². The minimum atomic E-state index is -0.894. The lowest BCUT2D eigenvalue weighted by Gasteiger charge is -2.22. The first kappa shape index (κ1) is 27.0. The van der Waals surface area contributed by atoms with Crippen molar-refractivity contribution >= 4 is 11.9 Å². The van der Waals surface area contributed by atoms with Crippen LogP contribution in [0.3, 0.4) is 0 Å². The van der Waals surface area contributed by atoms with Gasteiger partial charge in [-0.3, -0.25) is 0 Å². The van der Waals surface area contributed by atoms with Crippen LogP contribution < -0.4 is 9.47 Å². The number of carbonyl (C=O) groups excluding carboxylic acids is 1. The molecule has 5 heteroatoms. The summed E-state index contributed by atoms with van der Waals surface area (Å²) in [6, 6.07) is 17.9. The molecule has 1 N–H and O–H groups in total. The van der Waals surface area contributed by atoms with E-state index < -0.39 is 11.9 Å². The number of esters is 1. The molecule has 36 heavy (non-hydrogen) atoms. The zero-order chi connectivity index (χ0) is 26.1. The minimum Gasteiger partial charge on any atom is -0.494 e. The number of unbranched alkanes of at least 4 members (excludes halogenated alkanes) is 1. The van der Waals surface area contributed by atoms with E-state index in [0.717, 1.165) is 53.7 Å². The molecule has 0 aliphatic carbocycles. The summed E-state index contributed by atoms with van der Waals surface area (Å²) in [6.07, 6.45) is 4.75. The van der Waals surface area contributed by atoms with Gasteiger partial charge in [0, 0.05) is 0 Å². The predicted octanol–water partition coefficient (Wildman–Crippen LogP) is 7.92. The Morgan fingerprint density at radius 3 is 2.11 bits per heavy atom. The van der Waals surface area contributed by atoms with Gasteiger partial charge >= 0.3 is 11.9 Å². The zero-order valence-electron chi connectivity index (χ0n) is 21.7. The molecule has 190 valence electrons. The Morgan fingerprint density at radius 1 is 0.861 bits per heavy atom. The van der Waals surface area contributed by atoms with Crippen LogP contribution in [-0.2, 0) is 6.42 Å². The second kappa shape index (κ2) is 12.9. The average Bonchev–Trinajstić information content (AvgIpc) is 2.90. The van der Waals surface area contributed by atoms with E-state index >= 15 is 0 Å². The lowest BCUT2D eigenvalue weighted by Crippen LogP contribution is -2.10. The van der Waals surface area contributed by atoms with Crippen molar-refractivity contribution in [3.63, 3.8) is 0 Å². The highest BCUT2D eigenvalue weighted by molar-refractivity contribution is 5.92. The average molecular weight is 489 g/mol. The number of carbonyl (C=O) groups is 2. The molecule has 0 saturated carbocycles. The van der Waals surface area contributed by atoms with Crippen molar-refractivity contribution in [1.82, 2.24) is 0 Å². The van der Waals surface area contributed by atoms with Gasteiger partial charge in [0.05, 0.1) is 17.7 Å². The van der Waals surface area contributed by atoms with Gasteiger partial charge in [-0.05, 0) is 89.9 Å². The van der Waals surface area contributed by atoms with Crippen LogP contribution in [0.5, 0.6) is 11.5 Å². The van der Waals surface area contributed by atoms with E-state index in [2.05, 4.69) is 13.8 Å². The highest BCUT2D eigenvalue weighted by Crippen LogP contribution is 2.37. The van der Waals surface area contributed by atoms with Gasteiger partial charge < -0.3 is 14.6 Å². The number of rotatable bonds is 12. The molecular weight excluding hydrogens is 452 g/mol. The molecule has 0 aromatic heterocycles. The van der Waals surface area contributed by atoms with Crippen LogP contribution in [0.25, 0.3) is 11.1 Å². The van der Waals surface area contributed by atoms with Gasteiger partial charge in [-0.1, -0.05) is 58.7 Å². The van der Waals surface area contributed by atoms with Gasteiger partial charge in [-0.15, -0.1) is 0 Å². The van der Waals surface area contributed by atoms with Crippen LogP contribution in [0.2, 0.25) is 0 Å². The maximum Gasteiger partial charge on any atom is 0.343 e. The molecule has 3 aromatic carbocycles. The Balaban J connectivity index is 1.85. The van der Waals surface area contributed by atoms with Crippen LogP contribution in [0.15, 0.2) is 60.7 Å². The van der Waals surface area contributed by atoms with Crippen LogP contribution in [0.1, 0.15) is 91.1 Å². The predicted molar refractivity (Wildman–Crippen MR) is 143 cm³/mol. The Bertz CT molecular complexity index is 1160. The fourth-order valence-electron chi connectivity index (χ4n) is 4.49. The molecule has 0 amide bonds. The number of hydrogen-bond donors (Lipinski definition) is 1. The summed E-state index contributed by atoms with van der Waals surface area (Å²) in [5.41, 5.74) is 4.81. The lowest BCUT2D eigenvalue weighted by molar-refractivity contribution is 0.0693. The molecule has 0 aliphatic heterocycles. The summed E-state index contributed by atoms with van der Waals surface area (Å²) in [6.45, 7) is 9.02. The molecule has 1 unspecified atom stereocenters. The van der Waals surface area contributed by atoms with Crippen LogP contribution in [0, 0.1) is 0 Å². The Kier molecular flexibility index (Phi) is 9.69. The number of carboxylic acids is 1. The molecule has 3 rings (SSSR count). The largest absolute Gasteiger partial charge is 0.494 e. The summed E-state index contributed by atoms with van der Waals surface area (Å²) < 4.78 is 11.1. The Labute approximate surface area is 214 Å². The molecule has 3 aromatic rings. The summed E-state index contributed by atoms with van der Waals surface area (Å²) in [4.78, 5) is 24.5. The van der Waals surface area contributed by atoms with Gasteiger partial charge in [-0.2, -0.15) is 0 Å². The number of hydrogen-bond acceptors (Lipinski definition) is 4. The van der Waals surface area contributed by atoms with E-state index in [1.165, 1.54) is 0 Å². The topological polar surface area (TPSA) is 72.8 Å². The lowest BCUT2D eigenvalue weighted by atomic mass is 9.82. The summed E-state index contributed by atoms with van der Waals surface area (Å²) in [5.74, 6) is 0.0823. The van der Waals surface area contributed by atoms with E-state index in [-0.39, 0.29) is 5.92 Å². The van der Waals surface area contributed by atoms with E-state index in [1.807, 2.05) is 32.0 Å². The van der Waals surface area contributed by atoms with E-state index in [1.54, 1.807) is 42.5 Å². The third-order valence-corrected chi connectivity index (χ3v) is 6.36. The van der Waals surface area contributed by atoms with Gasteiger partial charge in [0.25, 0.3) is 0 Å². The summed E-state index contributed by atoms with van der Waals surface area (Å²) >= 11 is 0. The molecule has 5 nitrogen and oxygen atoms in total. The molecule has 0 radical (unpaired) electrons. The highest BCUT2D eigenvalue weighted by atomic mass is 16.5. The first-order chi connectivity index (χ1) is 17.4. The van der Waals surface area contributed by atoms with Crippen molar-refractivity contribution in [1.29, 1.82) is 0 Å². The van der Waals surface area contributed by atoms with Crippen molar-refractivity contribution in [3.05, 3.63) is 82.9 Å².